The molecule has 1 amide bonds. The van der Waals surface area contributed by atoms with Gasteiger partial charge in [0.2, 0.25) is 5.91 Å². The van der Waals surface area contributed by atoms with Crippen molar-refractivity contribution in [1.82, 2.24) is 24.5 Å². The van der Waals surface area contributed by atoms with E-state index in [1.54, 1.807) is 4.52 Å². The number of β-lactam (4-membered cyclic amide) rings is 1. The zero-order valence-electron chi connectivity index (χ0n) is 13.1. The van der Waals surface area contributed by atoms with Crippen molar-refractivity contribution < 1.29 is 14.7 Å². The van der Waals surface area contributed by atoms with Gasteiger partial charge in [0, 0.05) is 17.2 Å². The summed E-state index contributed by atoms with van der Waals surface area (Å²) >= 11 is 2.94. The van der Waals surface area contributed by atoms with Crippen LogP contribution >= 0.6 is 23.5 Å². The van der Waals surface area contributed by atoms with Crippen molar-refractivity contribution in [1.29, 1.82) is 0 Å². The third-order valence-electron chi connectivity index (χ3n) is 4.03. The van der Waals surface area contributed by atoms with Gasteiger partial charge in [-0.2, -0.15) is 14.6 Å². The first kappa shape index (κ1) is 16.4. The highest BCUT2D eigenvalue weighted by Gasteiger charge is 2.51. The van der Waals surface area contributed by atoms with Gasteiger partial charge in [-0.3, -0.25) is 9.69 Å². The van der Waals surface area contributed by atoms with Gasteiger partial charge in [-0.25, -0.2) is 9.78 Å². The van der Waals surface area contributed by atoms with E-state index in [4.69, 9.17) is 5.73 Å². The van der Waals surface area contributed by atoms with E-state index < -0.39 is 12.0 Å². The summed E-state index contributed by atoms with van der Waals surface area (Å²) in [7, 11) is 0. The van der Waals surface area contributed by atoms with Crippen LogP contribution in [0, 0.1) is 6.92 Å². The van der Waals surface area contributed by atoms with E-state index >= 15 is 0 Å². The Kier molecular flexibility index (Phi) is 3.93. The Hall–Kier alpha value is -2.11. The number of carboxylic acid groups (broad SMARTS) is 1. The Bertz CT molecular complexity index is 926. The van der Waals surface area contributed by atoms with Crippen LogP contribution in [0.1, 0.15) is 5.69 Å². The molecule has 2 aromatic rings. The van der Waals surface area contributed by atoms with Crippen LogP contribution in [0.25, 0.3) is 5.78 Å². The number of nitrogens with zero attached hydrogens (tertiary/aromatic N) is 5. The molecule has 11 heteroatoms. The maximum Gasteiger partial charge on any atom is 0.352 e. The van der Waals surface area contributed by atoms with Crippen molar-refractivity contribution in [2.24, 2.45) is 5.73 Å². The minimum absolute atomic E-state index is 0.0589. The minimum atomic E-state index is -1.10. The van der Waals surface area contributed by atoms with Crippen molar-refractivity contribution >= 4 is 41.2 Å². The van der Waals surface area contributed by atoms with Crippen molar-refractivity contribution in [3.05, 3.63) is 29.4 Å². The molecule has 3 N–H and O–H groups in total. The lowest BCUT2D eigenvalue weighted by Gasteiger charge is -2.48. The molecule has 0 aromatic carbocycles. The van der Waals surface area contributed by atoms with Gasteiger partial charge >= 0.3 is 5.97 Å². The Morgan fingerprint density at radius 3 is 3.12 bits per heavy atom. The first-order chi connectivity index (χ1) is 12.0. The van der Waals surface area contributed by atoms with Crippen LogP contribution in [0.5, 0.6) is 0 Å². The third kappa shape index (κ3) is 2.58. The molecule has 130 valence electrons. The third-order valence-corrected chi connectivity index (χ3v) is 6.47. The van der Waals surface area contributed by atoms with E-state index in [1.165, 1.54) is 34.8 Å². The molecular weight excluding hydrogens is 364 g/mol. The van der Waals surface area contributed by atoms with Gasteiger partial charge in [0.05, 0.1) is 0 Å². The average molecular weight is 378 g/mol. The standard InChI is InChI=1S/C14H14N6O3S2/c1-6-2-8(20-14(18-6)16-5-17-20)24-3-7-4-25-12-9(15)11(21)19(12)10(7)13(22)23/h2,5,9,12H,3-4,15H2,1H3,(H,22,23)/t9-,12-/m1/s1. The Morgan fingerprint density at radius 2 is 2.36 bits per heavy atom. The van der Waals surface area contributed by atoms with E-state index in [2.05, 4.69) is 15.1 Å². The summed E-state index contributed by atoms with van der Waals surface area (Å²) in [5.74, 6) is 0.0190. The number of amides is 1. The predicted octanol–water partition coefficient (Wildman–Crippen LogP) is 0.106. The number of hydrogen-bond acceptors (Lipinski definition) is 8. The number of nitrogens with two attached hydrogens (primary N) is 1. The molecule has 1 saturated heterocycles. The molecule has 2 aromatic heterocycles. The second-order valence-electron chi connectivity index (χ2n) is 5.69. The Morgan fingerprint density at radius 1 is 1.56 bits per heavy atom. The molecule has 4 rings (SSSR count). The number of fused-ring (bicyclic) bond motifs is 2. The smallest absolute Gasteiger partial charge is 0.352 e. The van der Waals surface area contributed by atoms with E-state index in [1.807, 2.05) is 13.0 Å². The maximum atomic E-state index is 12.0. The topological polar surface area (TPSA) is 127 Å². The molecule has 2 aliphatic heterocycles. The zero-order valence-corrected chi connectivity index (χ0v) is 14.8. The summed E-state index contributed by atoms with van der Waals surface area (Å²) in [6, 6.07) is 1.25. The molecule has 0 aliphatic carbocycles. The first-order valence-electron chi connectivity index (χ1n) is 7.43. The first-order valence-corrected chi connectivity index (χ1v) is 9.46. The second kappa shape index (κ2) is 6.00. The number of aliphatic carboxylic acids is 1. The van der Waals surface area contributed by atoms with Crippen LogP contribution in [0.15, 0.2) is 28.7 Å². The maximum absolute atomic E-state index is 12.0. The lowest BCUT2D eigenvalue weighted by atomic mass is 10.0. The highest BCUT2D eigenvalue weighted by atomic mass is 32.2. The molecule has 2 aliphatic rings. The Balaban J connectivity index is 1.63. The lowest BCUT2D eigenvalue weighted by Crippen LogP contribution is -2.68. The van der Waals surface area contributed by atoms with Crippen LogP contribution in [0.3, 0.4) is 0 Å². The largest absolute Gasteiger partial charge is 0.477 e. The molecule has 25 heavy (non-hydrogen) atoms. The second-order valence-corrected chi connectivity index (χ2v) is 7.79. The number of aromatic nitrogens is 4. The summed E-state index contributed by atoms with van der Waals surface area (Å²) < 4.78 is 1.61. The van der Waals surface area contributed by atoms with Gasteiger partial charge in [0.25, 0.3) is 5.78 Å². The quantitative estimate of drug-likeness (QED) is 0.433. The SMILES string of the molecule is Cc1cc(SCC2=C(C(=O)O)N3C(=O)[C@@H](N)[C@H]3SC2)n2ncnc2n1. The van der Waals surface area contributed by atoms with Gasteiger partial charge in [-0.1, -0.05) is 0 Å². The van der Waals surface area contributed by atoms with Gasteiger partial charge in [0.1, 0.15) is 28.5 Å². The van der Waals surface area contributed by atoms with Crippen molar-refractivity contribution in [3.63, 3.8) is 0 Å². The predicted molar refractivity (Wildman–Crippen MR) is 92.0 cm³/mol. The molecule has 0 spiro atoms. The molecule has 1 fully saturated rings. The number of hydrogen-bond donors (Lipinski definition) is 2. The molecular formula is C14H14N6O3S2. The van der Waals surface area contributed by atoms with Crippen molar-refractivity contribution in [3.8, 4) is 0 Å². The lowest BCUT2D eigenvalue weighted by molar-refractivity contribution is -0.147. The van der Waals surface area contributed by atoms with Crippen LogP contribution in [-0.4, -0.2) is 64.4 Å². The summed E-state index contributed by atoms with van der Waals surface area (Å²) in [6.45, 7) is 1.86. The summed E-state index contributed by atoms with van der Waals surface area (Å²) in [5, 5.41) is 14.2. The molecule has 0 radical (unpaired) electrons. The van der Waals surface area contributed by atoms with Gasteiger partial charge in [0.15, 0.2) is 0 Å². The number of rotatable bonds is 4. The Labute approximate surface area is 150 Å². The average Bonchev–Trinajstić information content (AvgIpc) is 3.06. The number of aryl methyl sites for hydroxylation is 1. The van der Waals surface area contributed by atoms with Crippen LogP contribution in [0.4, 0.5) is 0 Å². The number of carboxylic acids is 1. The van der Waals surface area contributed by atoms with Crippen molar-refractivity contribution in [2.75, 3.05) is 11.5 Å². The highest BCUT2D eigenvalue weighted by molar-refractivity contribution is 8.01. The molecule has 4 heterocycles. The number of carbonyl (C=O) groups is 2. The fraction of sp³-hybridized carbons (Fsp3) is 0.357. The molecule has 0 saturated carbocycles. The normalized spacial score (nSPS) is 23.0. The van der Waals surface area contributed by atoms with Gasteiger partial charge in [-0.15, -0.1) is 23.5 Å². The highest BCUT2D eigenvalue weighted by Crippen LogP contribution is 2.40. The monoisotopic (exact) mass is 378 g/mol. The van der Waals surface area contributed by atoms with E-state index in [-0.39, 0.29) is 17.0 Å². The summed E-state index contributed by atoms with van der Waals surface area (Å²) in [5.41, 5.74) is 7.32. The van der Waals surface area contributed by atoms with Crippen LogP contribution < -0.4 is 5.73 Å². The summed E-state index contributed by atoms with van der Waals surface area (Å²) in [4.78, 5) is 33.3. The van der Waals surface area contributed by atoms with E-state index in [0.29, 0.717) is 22.9 Å². The zero-order chi connectivity index (χ0) is 17.7. The van der Waals surface area contributed by atoms with Gasteiger partial charge < -0.3 is 10.8 Å². The number of carbonyl (C=O) groups excluding carboxylic acids is 1. The molecule has 0 bridgehead atoms. The molecule has 2 atom stereocenters. The van der Waals surface area contributed by atoms with Crippen LogP contribution in [-0.2, 0) is 9.59 Å². The van der Waals surface area contributed by atoms with Gasteiger partial charge in [-0.05, 0) is 18.6 Å². The molecule has 9 nitrogen and oxygen atoms in total. The fourth-order valence-corrected chi connectivity index (χ4v) is 5.34. The minimum Gasteiger partial charge on any atom is -0.477 e. The van der Waals surface area contributed by atoms with Crippen molar-refractivity contribution in [2.45, 2.75) is 23.4 Å². The van der Waals surface area contributed by atoms with Crippen LogP contribution in [0.2, 0.25) is 0 Å². The van der Waals surface area contributed by atoms with E-state index in [0.717, 1.165) is 10.7 Å². The summed E-state index contributed by atoms with van der Waals surface area (Å²) in [6.07, 6.45) is 1.43. The molecule has 0 unspecified atom stereocenters. The fourth-order valence-electron chi connectivity index (χ4n) is 2.85. The van der Waals surface area contributed by atoms with E-state index in [9.17, 15) is 14.7 Å². The number of thioether (sulfide) groups is 2.